The second kappa shape index (κ2) is 7.35. The molecule has 1 amide bonds. The average molecular weight is 366 g/mol. The number of carbonyl (C=O) groups excluding carboxylic acids is 1. The van der Waals surface area contributed by atoms with Gasteiger partial charge in [0.2, 0.25) is 5.91 Å². The predicted octanol–water partition coefficient (Wildman–Crippen LogP) is 4.95. The Balaban J connectivity index is 1.68. The molecule has 1 N–H and O–H groups in total. The second-order valence-corrected chi connectivity index (χ2v) is 6.88. The molecule has 2 aromatic carbocycles. The second-order valence-electron chi connectivity index (χ2n) is 6.88. The normalized spacial score (nSPS) is 19.2. The number of fused-ring (bicyclic) bond motifs is 1. The summed E-state index contributed by atoms with van der Waals surface area (Å²) in [5.74, 6) is -2.46. The monoisotopic (exact) mass is 366 g/mol. The van der Waals surface area contributed by atoms with E-state index in [1.807, 2.05) is 42.6 Å². The number of hydrogen-bond acceptors (Lipinski definition) is 1. The molecule has 1 aromatic heterocycles. The van der Waals surface area contributed by atoms with Crippen LogP contribution in [0.1, 0.15) is 30.0 Å². The third-order valence-corrected chi connectivity index (χ3v) is 5.18. The highest BCUT2D eigenvalue weighted by Gasteiger charge is 2.34. The number of halogens is 2. The lowest BCUT2D eigenvalue weighted by Gasteiger charge is -2.25. The van der Waals surface area contributed by atoms with Crippen LogP contribution in [0.15, 0.2) is 66.9 Å². The highest BCUT2D eigenvalue weighted by molar-refractivity contribution is 5.93. The molecule has 0 saturated heterocycles. The van der Waals surface area contributed by atoms with Crippen LogP contribution in [0.4, 0.5) is 14.5 Å². The van der Waals surface area contributed by atoms with Crippen LogP contribution in [-0.2, 0) is 11.3 Å². The van der Waals surface area contributed by atoms with Crippen molar-refractivity contribution in [3.63, 3.8) is 0 Å². The first kappa shape index (κ1) is 17.5. The van der Waals surface area contributed by atoms with Crippen molar-refractivity contribution in [3.05, 3.63) is 89.8 Å². The first-order valence-electron chi connectivity index (χ1n) is 9.09. The smallest absolute Gasteiger partial charge is 0.228 e. The lowest BCUT2D eigenvalue weighted by atomic mass is 9.81. The zero-order valence-corrected chi connectivity index (χ0v) is 14.7. The molecule has 27 heavy (non-hydrogen) atoms. The van der Waals surface area contributed by atoms with Crippen LogP contribution in [0.25, 0.3) is 0 Å². The molecule has 0 aliphatic carbocycles. The Morgan fingerprint density at radius 2 is 1.81 bits per heavy atom. The summed E-state index contributed by atoms with van der Waals surface area (Å²) in [6.45, 7) is 0.862. The molecule has 138 valence electrons. The molecule has 0 radical (unpaired) electrons. The molecule has 5 heteroatoms. The average Bonchev–Trinajstić information content (AvgIpc) is 3.05. The van der Waals surface area contributed by atoms with Crippen molar-refractivity contribution in [1.29, 1.82) is 0 Å². The van der Waals surface area contributed by atoms with E-state index in [1.54, 1.807) is 0 Å². The van der Waals surface area contributed by atoms with Gasteiger partial charge in [-0.1, -0.05) is 30.3 Å². The van der Waals surface area contributed by atoms with Gasteiger partial charge in [-0.25, -0.2) is 8.78 Å². The van der Waals surface area contributed by atoms with Crippen molar-refractivity contribution in [2.75, 3.05) is 5.32 Å². The number of hydrogen-bond donors (Lipinski definition) is 1. The fraction of sp³-hybridized carbons (Fsp3) is 0.227. The van der Waals surface area contributed by atoms with Crippen molar-refractivity contribution < 1.29 is 13.6 Å². The first-order valence-corrected chi connectivity index (χ1v) is 9.09. The minimum Gasteiger partial charge on any atom is -0.351 e. The Morgan fingerprint density at radius 1 is 1.00 bits per heavy atom. The minimum atomic E-state index is -0.970. The Labute approximate surface area is 156 Å². The zero-order chi connectivity index (χ0) is 18.8. The van der Waals surface area contributed by atoms with Gasteiger partial charge in [-0.15, -0.1) is 0 Å². The maximum Gasteiger partial charge on any atom is 0.228 e. The van der Waals surface area contributed by atoms with Crippen LogP contribution in [0.5, 0.6) is 0 Å². The zero-order valence-electron chi connectivity index (χ0n) is 14.7. The third-order valence-electron chi connectivity index (χ3n) is 5.18. The molecule has 2 atom stereocenters. The highest BCUT2D eigenvalue weighted by atomic mass is 19.2. The van der Waals surface area contributed by atoms with Crippen LogP contribution in [-0.4, -0.2) is 10.5 Å². The van der Waals surface area contributed by atoms with Crippen LogP contribution >= 0.6 is 0 Å². The number of aromatic nitrogens is 1. The summed E-state index contributed by atoms with van der Waals surface area (Å²) in [6, 6.07) is 17.4. The highest BCUT2D eigenvalue weighted by Crippen LogP contribution is 2.38. The number of amides is 1. The Hall–Kier alpha value is -2.95. The fourth-order valence-electron chi connectivity index (χ4n) is 3.92. The lowest BCUT2D eigenvalue weighted by Crippen LogP contribution is -2.28. The van der Waals surface area contributed by atoms with Gasteiger partial charge in [0.05, 0.1) is 5.92 Å². The van der Waals surface area contributed by atoms with E-state index in [-0.39, 0.29) is 23.4 Å². The summed E-state index contributed by atoms with van der Waals surface area (Å²) in [4.78, 5) is 13.1. The SMILES string of the molecule is O=C(Nc1ccc(F)c(F)c1)C1CCCn2cccc2C1c1ccccc1. The van der Waals surface area contributed by atoms with E-state index in [2.05, 4.69) is 16.0 Å². The topological polar surface area (TPSA) is 34.0 Å². The molecule has 0 saturated carbocycles. The van der Waals surface area contributed by atoms with Crippen molar-refractivity contribution in [1.82, 2.24) is 4.57 Å². The molecule has 3 nitrogen and oxygen atoms in total. The van der Waals surface area contributed by atoms with E-state index >= 15 is 0 Å². The van der Waals surface area contributed by atoms with E-state index in [1.165, 1.54) is 6.07 Å². The molecule has 4 rings (SSSR count). The van der Waals surface area contributed by atoms with E-state index in [4.69, 9.17) is 0 Å². The van der Waals surface area contributed by atoms with Gasteiger partial charge in [-0.2, -0.15) is 0 Å². The van der Waals surface area contributed by atoms with Gasteiger partial charge in [0, 0.05) is 36.1 Å². The minimum absolute atomic E-state index is 0.0889. The molecule has 1 aliphatic heterocycles. The van der Waals surface area contributed by atoms with E-state index in [0.717, 1.165) is 42.8 Å². The standard InChI is InChI=1S/C22H20F2N2O/c23-18-11-10-16(14-19(18)24)25-22(27)17-8-4-12-26-13-5-9-20(26)21(17)15-6-2-1-3-7-15/h1-3,5-7,9-11,13-14,17,21H,4,8,12H2,(H,25,27). The van der Waals surface area contributed by atoms with Gasteiger partial charge in [0.1, 0.15) is 0 Å². The number of carbonyl (C=O) groups is 1. The number of anilines is 1. The van der Waals surface area contributed by atoms with Crippen LogP contribution in [0.2, 0.25) is 0 Å². The summed E-state index contributed by atoms with van der Waals surface area (Å²) in [7, 11) is 0. The third kappa shape index (κ3) is 3.50. The lowest BCUT2D eigenvalue weighted by molar-refractivity contribution is -0.120. The number of nitrogens with zero attached hydrogens (tertiary/aromatic N) is 1. The number of benzene rings is 2. The molecule has 2 heterocycles. The number of nitrogens with one attached hydrogen (secondary N) is 1. The van der Waals surface area contributed by atoms with E-state index in [0.29, 0.717) is 0 Å². The Kier molecular flexibility index (Phi) is 4.75. The van der Waals surface area contributed by atoms with Gasteiger partial charge < -0.3 is 9.88 Å². The maximum absolute atomic E-state index is 13.5. The molecule has 0 spiro atoms. The van der Waals surface area contributed by atoms with Crippen LogP contribution in [0, 0.1) is 17.6 Å². The molecular weight excluding hydrogens is 346 g/mol. The summed E-state index contributed by atoms with van der Waals surface area (Å²) < 4.78 is 28.9. The largest absolute Gasteiger partial charge is 0.351 e. The summed E-state index contributed by atoms with van der Waals surface area (Å²) >= 11 is 0. The van der Waals surface area contributed by atoms with Gasteiger partial charge in [-0.3, -0.25) is 4.79 Å². The molecular formula is C22H20F2N2O. The Bertz CT molecular complexity index is 952. The fourth-order valence-corrected chi connectivity index (χ4v) is 3.92. The van der Waals surface area contributed by atoms with Gasteiger partial charge in [0.15, 0.2) is 11.6 Å². The summed E-state index contributed by atoms with van der Waals surface area (Å²) in [5, 5.41) is 2.78. The molecule has 2 unspecified atom stereocenters. The van der Waals surface area contributed by atoms with Gasteiger partial charge in [-0.05, 0) is 42.7 Å². The first-order chi connectivity index (χ1) is 13.1. The van der Waals surface area contributed by atoms with Crippen molar-refractivity contribution in [2.24, 2.45) is 5.92 Å². The summed E-state index contributed by atoms with van der Waals surface area (Å²) in [6.07, 6.45) is 3.64. The van der Waals surface area contributed by atoms with E-state index < -0.39 is 11.6 Å². The van der Waals surface area contributed by atoms with Crippen molar-refractivity contribution in [2.45, 2.75) is 25.3 Å². The van der Waals surface area contributed by atoms with Crippen molar-refractivity contribution >= 4 is 11.6 Å². The van der Waals surface area contributed by atoms with Crippen LogP contribution in [0.3, 0.4) is 0 Å². The molecule has 0 bridgehead atoms. The van der Waals surface area contributed by atoms with Crippen molar-refractivity contribution in [3.8, 4) is 0 Å². The number of aryl methyl sites for hydroxylation is 1. The number of rotatable bonds is 3. The Morgan fingerprint density at radius 3 is 2.59 bits per heavy atom. The maximum atomic E-state index is 13.5. The predicted molar refractivity (Wildman–Crippen MR) is 100 cm³/mol. The van der Waals surface area contributed by atoms with Gasteiger partial charge >= 0.3 is 0 Å². The molecule has 0 fully saturated rings. The molecule has 3 aromatic rings. The quantitative estimate of drug-likeness (QED) is 0.699. The van der Waals surface area contributed by atoms with E-state index in [9.17, 15) is 13.6 Å². The molecule has 1 aliphatic rings. The van der Waals surface area contributed by atoms with Crippen LogP contribution < -0.4 is 5.32 Å². The summed E-state index contributed by atoms with van der Waals surface area (Å²) in [5.41, 5.74) is 2.44. The van der Waals surface area contributed by atoms with Gasteiger partial charge in [0.25, 0.3) is 0 Å².